The van der Waals surface area contributed by atoms with Gasteiger partial charge in [-0.3, -0.25) is 0 Å². The molecule has 2 rings (SSSR count). The van der Waals surface area contributed by atoms with Crippen LogP contribution in [0.1, 0.15) is 18.9 Å². The number of aliphatic carboxylic acids is 1. The average molecular weight is 252 g/mol. The van der Waals surface area contributed by atoms with Gasteiger partial charge in [-0.1, -0.05) is 13.0 Å². The summed E-state index contributed by atoms with van der Waals surface area (Å²) in [7, 11) is 0. The van der Waals surface area contributed by atoms with Crippen molar-refractivity contribution in [1.82, 2.24) is 0 Å². The van der Waals surface area contributed by atoms with E-state index >= 15 is 0 Å². The summed E-state index contributed by atoms with van der Waals surface area (Å²) in [5.41, 5.74) is 0.866. The minimum Gasteiger partial charge on any atom is -0.491 e. The second-order valence-corrected chi connectivity index (χ2v) is 4.29. The molecule has 1 aromatic carbocycles. The number of hydrogen-bond acceptors (Lipinski definition) is 4. The van der Waals surface area contributed by atoms with E-state index in [1.807, 2.05) is 6.92 Å². The molecule has 1 heterocycles. The molecule has 2 atom stereocenters. The molecule has 0 radical (unpaired) electrons. The summed E-state index contributed by atoms with van der Waals surface area (Å²) in [6.45, 7) is 2.09. The lowest BCUT2D eigenvalue weighted by Crippen LogP contribution is -2.24. The summed E-state index contributed by atoms with van der Waals surface area (Å²) in [4.78, 5) is 10.8. The van der Waals surface area contributed by atoms with E-state index in [-0.39, 0.29) is 6.61 Å². The molecule has 1 aromatic rings. The van der Waals surface area contributed by atoms with Crippen LogP contribution in [0.15, 0.2) is 18.2 Å². The highest BCUT2D eigenvalue weighted by molar-refractivity contribution is 5.74. The Morgan fingerprint density at radius 2 is 2.39 bits per heavy atom. The molecule has 0 saturated heterocycles. The van der Waals surface area contributed by atoms with E-state index < -0.39 is 18.2 Å². The lowest BCUT2D eigenvalue weighted by molar-refractivity contribution is -0.144. The minimum absolute atomic E-state index is 0.220. The van der Waals surface area contributed by atoms with Crippen molar-refractivity contribution < 1.29 is 24.5 Å². The fourth-order valence-corrected chi connectivity index (χ4v) is 1.75. The fourth-order valence-electron chi connectivity index (χ4n) is 1.75. The Morgan fingerprint density at radius 1 is 1.61 bits per heavy atom. The number of benzene rings is 1. The van der Waals surface area contributed by atoms with Gasteiger partial charge in [-0.25, -0.2) is 4.79 Å². The van der Waals surface area contributed by atoms with Crippen LogP contribution in [-0.2, 0) is 11.2 Å². The van der Waals surface area contributed by atoms with Crippen LogP contribution in [0.25, 0.3) is 0 Å². The first-order chi connectivity index (χ1) is 8.60. The summed E-state index contributed by atoms with van der Waals surface area (Å²) in [6, 6.07) is 5.22. The first kappa shape index (κ1) is 12.7. The maximum atomic E-state index is 10.8. The number of ether oxygens (including phenoxy) is 2. The zero-order valence-corrected chi connectivity index (χ0v) is 10.1. The van der Waals surface area contributed by atoms with E-state index in [0.29, 0.717) is 24.3 Å². The van der Waals surface area contributed by atoms with Crippen LogP contribution in [0, 0.1) is 0 Å². The summed E-state index contributed by atoms with van der Waals surface area (Å²) < 4.78 is 10.7. The third-order valence-electron chi connectivity index (χ3n) is 2.90. The smallest absolute Gasteiger partial charge is 0.345 e. The first-order valence-electron chi connectivity index (χ1n) is 5.93. The van der Waals surface area contributed by atoms with E-state index in [1.54, 1.807) is 18.2 Å². The van der Waals surface area contributed by atoms with Gasteiger partial charge in [0.15, 0.2) is 6.10 Å². The number of aliphatic hydroxyl groups is 1. The Morgan fingerprint density at radius 3 is 3.06 bits per heavy atom. The molecule has 18 heavy (non-hydrogen) atoms. The van der Waals surface area contributed by atoms with Crippen LogP contribution < -0.4 is 9.47 Å². The second-order valence-electron chi connectivity index (χ2n) is 4.29. The lowest BCUT2D eigenvalue weighted by atomic mass is 10.1. The van der Waals surface area contributed by atoms with Gasteiger partial charge in [-0.2, -0.15) is 0 Å². The predicted molar refractivity (Wildman–Crippen MR) is 64.0 cm³/mol. The number of hydrogen-bond donors (Lipinski definition) is 2. The summed E-state index contributed by atoms with van der Waals surface area (Å²) in [5.74, 6) is 0.160. The molecule has 0 aromatic heterocycles. The van der Waals surface area contributed by atoms with Gasteiger partial charge in [0, 0.05) is 12.5 Å². The molecule has 2 unspecified atom stereocenters. The summed E-state index contributed by atoms with van der Waals surface area (Å²) >= 11 is 0. The maximum Gasteiger partial charge on any atom is 0.345 e. The van der Waals surface area contributed by atoms with Gasteiger partial charge >= 0.3 is 5.97 Å². The van der Waals surface area contributed by atoms with Gasteiger partial charge in [0.25, 0.3) is 0 Å². The SMILES string of the molecule is CCC(O)COc1ccc2c(c1)OC(C(=O)O)C2. The van der Waals surface area contributed by atoms with Crippen molar-refractivity contribution in [3.8, 4) is 11.5 Å². The predicted octanol–water partition coefficient (Wildman–Crippen LogP) is 1.22. The Hall–Kier alpha value is -1.75. The van der Waals surface area contributed by atoms with E-state index in [9.17, 15) is 9.90 Å². The zero-order valence-electron chi connectivity index (χ0n) is 10.1. The fraction of sp³-hybridized carbons (Fsp3) is 0.462. The number of rotatable bonds is 5. The summed E-state index contributed by atoms with van der Waals surface area (Å²) in [6.07, 6.45) is -0.298. The number of aliphatic hydroxyl groups excluding tert-OH is 1. The van der Waals surface area contributed by atoms with Gasteiger partial charge in [0.2, 0.25) is 0 Å². The Labute approximate surface area is 105 Å². The van der Waals surface area contributed by atoms with Crippen molar-refractivity contribution >= 4 is 5.97 Å². The maximum absolute atomic E-state index is 10.8. The van der Waals surface area contributed by atoms with Crippen LogP contribution in [0.3, 0.4) is 0 Å². The zero-order chi connectivity index (χ0) is 13.1. The monoisotopic (exact) mass is 252 g/mol. The second kappa shape index (κ2) is 5.27. The van der Waals surface area contributed by atoms with E-state index in [2.05, 4.69) is 0 Å². The number of carboxylic acids is 1. The highest BCUT2D eigenvalue weighted by Gasteiger charge is 2.28. The van der Waals surface area contributed by atoms with Crippen LogP contribution in [0.2, 0.25) is 0 Å². The van der Waals surface area contributed by atoms with Gasteiger partial charge in [-0.15, -0.1) is 0 Å². The van der Waals surface area contributed by atoms with Crippen LogP contribution in [0.5, 0.6) is 11.5 Å². The topological polar surface area (TPSA) is 76.0 Å². The van der Waals surface area contributed by atoms with Crippen LogP contribution in [0.4, 0.5) is 0 Å². The normalized spacial score (nSPS) is 18.9. The van der Waals surface area contributed by atoms with Gasteiger partial charge in [0.1, 0.15) is 18.1 Å². The minimum atomic E-state index is -0.963. The number of fused-ring (bicyclic) bond motifs is 1. The average Bonchev–Trinajstić information content (AvgIpc) is 2.79. The molecular formula is C13H16O5. The standard InChI is InChI=1S/C13H16O5/c1-2-9(14)7-17-10-4-3-8-5-12(13(15)16)18-11(8)6-10/h3-4,6,9,12,14H,2,5,7H2,1H3,(H,15,16). The van der Waals surface area contributed by atoms with Crippen molar-refractivity contribution in [2.75, 3.05) is 6.61 Å². The first-order valence-corrected chi connectivity index (χ1v) is 5.93. The van der Waals surface area contributed by atoms with Crippen LogP contribution in [-0.4, -0.2) is 35.0 Å². The highest BCUT2D eigenvalue weighted by Crippen LogP contribution is 2.32. The van der Waals surface area contributed by atoms with Gasteiger partial charge in [0.05, 0.1) is 6.10 Å². The molecule has 0 amide bonds. The van der Waals surface area contributed by atoms with Crippen molar-refractivity contribution in [1.29, 1.82) is 0 Å². The van der Waals surface area contributed by atoms with E-state index in [0.717, 1.165) is 5.56 Å². The molecule has 1 aliphatic rings. The van der Waals surface area contributed by atoms with Crippen LogP contribution >= 0.6 is 0 Å². The summed E-state index contributed by atoms with van der Waals surface area (Å²) in [5, 5.41) is 18.3. The van der Waals surface area contributed by atoms with Gasteiger partial charge < -0.3 is 19.7 Å². The number of carboxylic acid groups (broad SMARTS) is 1. The van der Waals surface area contributed by atoms with Gasteiger partial charge in [-0.05, 0) is 18.1 Å². The molecule has 2 N–H and O–H groups in total. The number of carbonyl (C=O) groups is 1. The Balaban J connectivity index is 2.02. The molecular weight excluding hydrogens is 236 g/mol. The molecule has 0 aliphatic carbocycles. The third kappa shape index (κ3) is 2.73. The van der Waals surface area contributed by atoms with Crippen molar-refractivity contribution in [2.45, 2.75) is 32.0 Å². The van der Waals surface area contributed by atoms with E-state index in [4.69, 9.17) is 14.6 Å². The van der Waals surface area contributed by atoms with Crippen molar-refractivity contribution in [3.63, 3.8) is 0 Å². The molecule has 1 aliphatic heterocycles. The molecule has 5 nitrogen and oxygen atoms in total. The highest BCUT2D eigenvalue weighted by atomic mass is 16.5. The molecule has 0 fully saturated rings. The Bertz CT molecular complexity index is 443. The lowest BCUT2D eigenvalue weighted by Gasteiger charge is -2.11. The quantitative estimate of drug-likeness (QED) is 0.824. The molecule has 0 saturated carbocycles. The molecule has 0 spiro atoms. The third-order valence-corrected chi connectivity index (χ3v) is 2.90. The molecule has 98 valence electrons. The Kier molecular flexibility index (Phi) is 3.72. The largest absolute Gasteiger partial charge is 0.491 e. The molecule has 0 bridgehead atoms. The van der Waals surface area contributed by atoms with Crippen molar-refractivity contribution in [2.24, 2.45) is 0 Å². The molecule has 5 heteroatoms. The van der Waals surface area contributed by atoms with E-state index in [1.165, 1.54) is 0 Å². The van der Waals surface area contributed by atoms with Crippen molar-refractivity contribution in [3.05, 3.63) is 23.8 Å².